The summed E-state index contributed by atoms with van der Waals surface area (Å²) in [5, 5.41) is 6.24. The van der Waals surface area contributed by atoms with Gasteiger partial charge in [-0.15, -0.1) is 22.7 Å². The van der Waals surface area contributed by atoms with E-state index in [4.69, 9.17) is 4.74 Å². The van der Waals surface area contributed by atoms with Gasteiger partial charge in [0.05, 0.1) is 29.1 Å². The van der Waals surface area contributed by atoms with Crippen LogP contribution >= 0.6 is 22.7 Å². The van der Waals surface area contributed by atoms with Gasteiger partial charge >= 0.3 is 0 Å². The third-order valence-corrected chi connectivity index (χ3v) is 5.77. The predicted octanol–water partition coefficient (Wildman–Crippen LogP) is 3.24. The van der Waals surface area contributed by atoms with E-state index in [2.05, 4.69) is 20.2 Å². The smallest absolute Gasteiger partial charge is 0.250 e. The van der Waals surface area contributed by atoms with E-state index < -0.39 is 0 Å². The van der Waals surface area contributed by atoms with Crippen LogP contribution in [0, 0.1) is 0 Å². The van der Waals surface area contributed by atoms with Crippen molar-refractivity contribution in [3.63, 3.8) is 0 Å². The number of ether oxygens (including phenoxy) is 1. The third-order valence-electron chi connectivity index (χ3n) is 3.96. The summed E-state index contributed by atoms with van der Waals surface area (Å²) in [5.41, 5.74) is 1.92. The van der Waals surface area contributed by atoms with Gasteiger partial charge in [0.2, 0.25) is 5.91 Å². The van der Waals surface area contributed by atoms with Crippen LogP contribution in [-0.2, 0) is 16.1 Å². The number of para-hydroxylation sites is 1. The predicted molar refractivity (Wildman–Crippen MR) is 105 cm³/mol. The molecule has 1 fully saturated rings. The van der Waals surface area contributed by atoms with Crippen LogP contribution in [0.15, 0.2) is 35.7 Å². The van der Waals surface area contributed by atoms with E-state index in [1.54, 1.807) is 17.4 Å². The van der Waals surface area contributed by atoms with E-state index >= 15 is 0 Å². The van der Waals surface area contributed by atoms with Crippen molar-refractivity contribution in [2.75, 3.05) is 31.6 Å². The summed E-state index contributed by atoms with van der Waals surface area (Å²) in [6.07, 6.45) is 3.24. The first-order valence-corrected chi connectivity index (χ1v) is 10.0. The van der Waals surface area contributed by atoms with Crippen molar-refractivity contribution < 1.29 is 9.53 Å². The minimum Gasteiger partial charge on any atom is -0.379 e. The zero-order valence-corrected chi connectivity index (χ0v) is 15.7. The van der Waals surface area contributed by atoms with Crippen LogP contribution in [0.1, 0.15) is 10.7 Å². The molecule has 1 aromatic carbocycles. The Balaban J connectivity index is 1.34. The summed E-state index contributed by atoms with van der Waals surface area (Å²) in [4.78, 5) is 23.4. The van der Waals surface area contributed by atoms with Gasteiger partial charge in [0.15, 0.2) is 5.13 Å². The number of nitrogens with zero attached hydrogens (tertiary/aromatic N) is 3. The Hall–Kier alpha value is -2.13. The number of morpholine rings is 1. The number of thiazole rings is 2. The summed E-state index contributed by atoms with van der Waals surface area (Å²) in [6, 6.07) is 7.93. The van der Waals surface area contributed by atoms with Crippen LogP contribution in [-0.4, -0.2) is 47.1 Å². The highest BCUT2D eigenvalue weighted by molar-refractivity contribution is 7.19. The van der Waals surface area contributed by atoms with E-state index in [1.807, 2.05) is 29.6 Å². The molecular weight excluding hydrogens is 368 g/mol. The Labute approximate surface area is 159 Å². The Bertz CT molecular complexity index is 895. The van der Waals surface area contributed by atoms with Crippen molar-refractivity contribution in [2.45, 2.75) is 6.54 Å². The van der Waals surface area contributed by atoms with E-state index in [0.29, 0.717) is 5.13 Å². The second-order valence-electron chi connectivity index (χ2n) is 5.87. The molecule has 8 heteroatoms. The lowest BCUT2D eigenvalue weighted by Crippen LogP contribution is -2.35. The van der Waals surface area contributed by atoms with Crippen molar-refractivity contribution in [1.29, 1.82) is 0 Å². The summed E-state index contributed by atoms with van der Waals surface area (Å²) in [6.45, 7) is 4.17. The second kappa shape index (κ2) is 8.05. The number of carbonyl (C=O) groups is 1. The second-order valence-corrected chi connectivity index (χ2v) is 7.80. The van der Waals surface area contributed by atoms with Crippen molar-refractivity contribution in [2.24, 2.45) is 0 Å². The molecule has 3 heterocycles. The summed E-state index contributed by atoms with van der Waals surface area (Å²) < 4.78 is 6.46. The number of anilines is 1. The number of hydrogen-bond acceptors (Lipinski definition) is 7. The Morgan fingerprint density at radius 2 is 2.12 bits per heavy atom. The van der Waals surface area contributed by atoms with Gasteiger partial charge in [-0.05, 0) is 18.2 Å². The maximum atomic E-state index is 12.1. The van der Waals surface area contributed by atoms with Gasteiger partial charge in [0.25, 0.3) is 0 Å². The summed E-state index contributed by atoms with van der Waals surface area (Å²) in [5.74, 6) is -0.198. The average Bonchev–Trinajstić information content (AvgIpc) is 3.27. The molecule has 0 atom stereocenters. The number of hydrogen-bond donors (Lipinski definition) is 1. The number of amides is 1. The highest BCUT2D eigenvalue weighted by Crippen LogP contribution is 2.22. The summed E-state index contributed by atoms with van der Waals surface area (Å²) in [7, 11) is 0. The van der Waals surface area contributed by atoms with E-state index in [9.17, 15) is 4.79 Å². The highest BCUT2D eigenvalue weighted by Gasteiger charge is 2.13. The molecule has 1 amide bonds. The Kier molecular flexibility index (Phi) is 5.35. The van der Waals surface area contributed by atoms with Gasteiger partial charge in [0.1, 0.15) is 5.01 Å². The van der Waals surface area contributed by atoms with Crippen molar-refractivity contribution in [3.05, 3.63) is 46.4 Å². The molecule has 6 nitrogen and oxygen atoms in total. The lowest BCUT2D eigenvalue weighted by molar-refractivity contribution is -0.111. The van der Waals surface area contributed by atoms with Crippen LogP contribution in [0.4, 0.5) is 5.13 Å². The summed E-state index contributed by atoms with van der Waals surface area (Å²) >= 11 is 3.01. The van der Waals surface area contributed by atoms with Crippen LogP contribution in [0.3, 0.4) is 0 Å². The monoisotopic (exact) mass is 386 g/mol. The first-order valence-electron chi connectivity index (χ1n) is 8.35. The Morgan fingerprint density at radius 1 is 1.27 bits per heavy atom. The molecule has 4 rings (SSSR count). The van der Waals surface area contributed by atoms with Gasteiger partial charge in [0, 0.05) is 31.1 Å². The normalized spacial score (nSPS) is 15.7. The molecule has 0 unspecified atom stereocenters. The molecular formula is C18H18N4O2S2. The topological polar surface area (TPSA) is 67.4 Å². The molecule has 0 bridgehead atoms. The molecule has 0 radical (unpaired) electrons. The number of carbonyl (C=O) groups excluding carboxylic acids is 1. The molecule has 1 saturated heterocycles. The number of nitrogens with one attached hydrogen (secondary N) is 1. The van der Waals surface area contributed by atoms with Crippen molar-refractivity contribution in [3.8, 4) is 0 Å². The van der Waals surface area contributed by atoms with Crippen LogP contribution in [0.2, 0.25) is 0 Å². The fourth-order valence-electron chi connectivity index (χ4n) is 2.68. The van der Waals surface area contributed by atoms with Gasteiger partial charge in [-0.2, -0.15) is 0 Å². The highest BCUT2D eigenvalue weighted by atomic mass is 32.1. The van der Waals surface area contributed by atoms with Crippen molar-refractivity contribution >= 4 is 50.0 Å². The van der Waals surface area contributed by atoms with Crippen LogP contribution < -0.4 is 5.32 Å². The molecule has 3 aromatic rings. The quantitative estimate of drug-likeness (QED) is 0.682. The number of aromatic nitrogens is 2. The third kappa shape index (κ3) is 4.34. The van der Waals surface area contributed by atoms with Gasteiger partial charge in [-0.1, -0.05) is 12.1 Å². The first kappa shape index (κ1) is 17.3. The van der Waals surface area contributed by atoms with E-state index in [1.165, 1.54) is 17.4 Å². The molecule has 26 heavy (non-hydrogen) atoms. The van der Waals surface area contributed by atoms with E-state index in [-0.39, 0.29) is 5.91 Å². The lowest BCUT2D eigenvalue weighted by atomic mass is 10.3. The van der Waals surface area contributed by atoms with Gasteiger partial charge < -0.3 is 4.74 Å². The standard InChI is InChI=1S/C18H18N4O2S2/c23-16(5-6-17-20-14-3-1-2-4-15(14)26-17)21-18-19-13(12-25-18)11-22-7-9-24-10-8-22/h1-6,12H,7-11H2,(H,19,21,23). The zero-order chi connectivity index (χ0) is 17.8. The van der Waals surface area contributed by atoms with Crippen LogP contribution in [0.25, 0.3) is 16.3 Å². The van der Waals surface area contributed by atoms with Gasteiger partial charge in [-0.3, -0.25) is 15.0 Å². The largest absolute Gasteiger partial charge is 0.379 e. The van der Waals surface area contributed by atoms with Crippen molar-refractivity contribution in [1.82, 2.24) is 14.9 Å². The molecule has 0 aliphatic carbocycles. The SMILES string of the molecule is O=C(C=Cc1nc2ccccc2s1)Nc1nc(CN2CCOCC2)cs1. The molecule has 1 aliphatic rings. The molecule has 1 N–H and O–H groups in total. The van der Waals surface area contributed by atoms with Gasteiger partial charge in [-0.25, -0.2) is 9.97 Å². The first-order chi connectivity index (χ1) is 12.8. The number of fused-ring (bicyclic) bond motifs is 1. The fraction of sp³-hybridized carbons (Fsp3) is 0.278. The minimum absolute atomic E-state index is 0.198. The molecule has 0 spiro atoms. The van der Waals surface area contributed by atoms with E-state index in [0.717, 1.165) is 53.8 Å². The molecule has 134 valence electrons. The minimum atomic E-state index is -0.198. The Morgan fingerprint density at radius 3 is 2.96 bits per heavy atom. The maximum absolute atomic E-state index is 12.1. The number of rotatable bonds is 5. The number of benzene rings is 1. The van der Waals surface area contributed by atoms with Crippen LogP contribution in [0.5, 0.6) is 0 Å². The maximum Gasteiger partial charge on any atom is 0.250 e. The molecule has 0 saturated carbocycles. The lowest BCUT2D eigenvalue weighted by Gasteiger charge is -2.25. The molecule has 2 aromatic heterocycles. The molecule has 1 aliphatic heterocycles. The zero-order valence-electron chi connectivity index (χ0n) is 14.1. The average molecular weight is 387 g/mol. The fourth-order valence-corrected chi connectivity index (χ4v) is 4.26.